The normalized spacial score (nSPS) is 10.9. The molecule has 2 rings (SSSR count). The van der Waals surface area contributed by atoms with Crippen molar-refractivity contribution in [1.82, 2.24) is 4.90 Å². The first kappa shape index (κ1) is 16.3. The maximum atomic E-state index is 12.3. The monoisotopic (exact) mass is 300 g/mol. The highest BCUT2D eigenvalue weighted by molar-refractivity contribution is 5.93. The molecule has 1 amide bonds. The van der Waals surface area contributed by atoms with E-state index in [1.165, 1.54) is 11.1 Å². The summed E-state index contributed by atoms with van der Waals surface area (Å²) < 4.78 is 5.30. The number of rotatable bonds is 7. The van der Waals surface area contributed by atoms with Crippen LogP contribution in [0.2, 0.25) is 0 Å². The standard InChI is InChI=1S/C18H24N2O2/c1-4-14-8-6-9-15(5-2)18(14)19-17(21)13-20(3)12-16-10-7-11-22-16/h6-11H,4-5,12-13H2,1-3H3,(H,19,21). The summed E-state index contributed by atoms with van der Waals surface area (Å²) in [5, 5.41) is 3.08. The Balaban J connectivity index is 1.99. The Morgan fingerprint density at radius 1 is 1.14 bits per heavy atom. The summed E-state index contributed by atoms with van der Waals surface area (Å²) >= 11 is 0. The van der Waals surface area contributed by atoms with Gasteiger partial charge in [0.05, 0.1) is 19.4 Å². The highest BCUT2D eigenvalue weighted by Gasteiger charge is 2.12. The SMILES string of the molecule is CCc1cccc(CC)c1NC(=O)CN(C)Cc1ccco1. The summed E-state index contributed by atoms with van der Waals surface area (Å²) in [6.07, 6.45) is 3.46. The molecular weight excluding hydrogens is 276 g/mol. The number of aryl methyl sites for hydroxylation is 2. The van der Waals surface area contributed by atoms with E-state index in [1.54, 1.807) is 6.26 Å². The number of para-hydroxylation sites is 1. The van der Waals surface area contributed by atoms with Crippen molar-refractivity contribution >= 4 is 11.6 Å². The molecule has 1 N–H and O–H groups in total. The second-order valence-electron chi connectivity index (χ2n) is 5.46. The van der Waals surface area contributed by atoms with Gasteiger partial charge in [0.2, 0.25) is 5.91 Å². The molecule has 1 aromatic heterocycles. The number of nitrogens with one attached hydrogen (secondary N) is 1. The number of carbonyl (C=O) groups excluding carboxylic acids is 1. The van der Waals surface area contributed by atoms with E-state index in [2.05, 4.69) is 37.4 Å². The van der Waals surface area contributed by atoms with Crippen LogP contribution in [0.15, 0.2) is 41.0 Å². The second-order valence-corrected chi connectivity index (χ2v) is 5.46. The Labute approximate surface area is 132 Å². The fourth-order valence-electron chi connectivity index (χ4n) is 2.55. The predicted molar refractivity (Wildman–Crippen MR) is 88.9 cm³/mol. The summed E-state index contributed by atoms with van der Waals surface area (Å²) in [5.41, 5.74) is 3.34. The molecule has 1 aromatic carbocycles. The van der Waals surface area contributed by atoms with Gasteiger partial charge in [-0.3, -0.25) is 9.69 Å². The van der Waals surface area contributed by atoms with Gasteiger partial charge in [-0.2, -0.15) is 0 Å². The van der Waals surface area contributed by atoms with Crippen LogP contribution in [0.5, 0.6) is 0 Å². The minimum atomic E-state index is 0.00431. The van der Waals surface area contributed by atoms with Gasteiger partial charge in [-0.1, -0.05) is 32.0 Å². The van der Waals surface area contributed by atoms with Gasteiger partial charge >= 0.3 is 0 Å². The molecule has 2 aromatic rings. The van der Waals surface area contributed by atoms with Gasteiger partial charge in [-0.15, -0.1) is 0 Å². The lowest BCUT2D eigenvalue weighted by atomic mass is 10.0. The van der Waals surface area contributed by atoms with E-state index in [0.717, 1.165) is 24.3 Å². The Hall–Kier alpha value is -2.07. The topological polar surface area (TPSA) is 45.5 Å². The third-order valence-electron chi connectivity index (χ3n) is 3.68. The molecule has 0 aliphatic rings. The van der Waals surface area contributed by atoms with E-state index in [4.69, 9.17) is 4.42 Å². The van der Waals surface area contributed by atoms with Crippen LogP contribution in [0.25, 0.3) is 0 Å². The second kappa shape index (κ2) is 7.80. The first-order valence-corrected chi connectivity index (χ1v) is 7.75. The van der Waals surface area contributed by atoms with Crippen molar-refractivity contribution in [1.29, 1.82) is 0 Å². The Bertz CT molecular complexity index is 583. The molecule has 0 bridgehead atoms. The highest BCUT2D eigenvalue weighted by atomic mass is 16.3. The first-order chi connectivity index (χ1) is 10.6. The Kier molecular flexibility index (Phi) is 5.78. The number of furan rings is 1. The van der Waals surface area contributed by atoms with Crippen molar-refractivity contribution in [2.45, 2.75) is 33.2 Å². The van der Waals surface area contributed by atoms with Crippen LogP contribution < -0.4 is 5.32 Å². The summed E-state index contributed by atoms with van der Waals surface area (Å²) in [4.78, 5) is 14.2. The molecule has 0 aliphatic carbocycles. The van der Waals surface area contributed by atoms with Crippen molar-refractivity contribution in [3.8, 4) is 0 Å². The molecular formula is C18H24N2O2. The maximum Gasteiger partial charge on any atom is 0.238 e. The van der Waals surface area contributed by atoms with E-state index in [1.807, 2.05) is 24.1 Å². The zero-order valence-corrected chi connectivity index (χ0v) is 13.6. The number of likely N-dealkylation sites (N-methyl/N-ethyl adjacent to an activating group) is 1. The van der Waals surface area contributed by atoms with Crippen LogP contribution in [0.3, 0.4) is 0 Å². The number of benzene rings is 1. The van der Waals surface area contributed by atoms with E-state index in [-0.39, 0.29) is 5.91 Å². The summed E-state index contributed by atoms with van der Waals surface area (Å²) in [5.74, 6) is 0.864. The molecule has 0 aliphatic heterocycles. The molecule has 0 saturated carbocycles. The number of amides is 1. The molecule has 0 saturated heterocycles. The van der Waals surface area contributed by atoms with Crippen LogP contribution in [-0.2, 0) is 24.2 Å². The molecule has 0 unspecified atom stereocenters. The number of carbonyl (C=O) groups is 1. The number of hydrogen-bond donors (Lipinski definition) is 1. The van der Waals surface area contributed by atoms with Crippen LogP contribution >= 0.6 is 0 Å². The minimum absolute atomic E-state index is 0.00431. The van der Waals surface area contributed by atoms with Gasteiger partial charge in [-0.05, 0) is 43.1 Å². The number of nitrogens with zero attached hydrogens (tertiary/aromatic N) is 1. The summed E-state index contributed by atoms with van der Waals surface area (Å²) in [6, 6.07) is 9.96. The molecule has 22 heavy (non-hydrogen) atoms. The molecule has 4 nitrogen and oxygen atoms in total. The lowest BCUT2D eigenvalue weighted by Crippen LogP contribution is -2.30. The number of hydrogen-bond acceptors (Lipinski definition) is 3. The van der Waals surface area contributed by atoms with Gasteiger partial charge in [0, 0.05) is 5.69 Å². The molecule has 0 atom stereocenters. The minimum Gasteiger partial charge on any atom is -0.468 e. The van der Waals surface area contributed by atoms with Crippen molar-refractivity contribution in [3.63, 3.8) is 0 Å². The third kappa shape index (κ3) is 4.21. The van der Waals surface area contributed by atoms with Crippen molar-refractivity contribution in [2.24, 2.45) is 0 Å². The fourth-order valence-corrected chi connectivity index (χ4v) is 2.55. The van der Waals surface area contributed by atoms with Crippen LogP contribution in [0, 0.1) is 0 Å². The molecule has 0 fully saturated rings. The van der Waals surface area contributed by atoms with Gasteiger partial charge in [-0.25, -0.2) is 0 Å². The highest BCUT2D eigenvalue weighted by Crippen LogP contribution is 2.22. The van der Waals surface area contributed by atoms with E-state index >= 15 is 0 Å². The number of anilines is 1. The van der Waals surface area contributed by atoms with Gasteiger partial charge in [0.1, 0.15) is 5.76 Å². The molecule has 118 valence electrons. The molecule has 4 heteroatoms. The van der Waals surface area contributed by atoms with E-state index < -0.39 is 0 Å². The summed E-state index contributed by atoms with van der Waals surface area (Å²) in [6.45, 7) is 5.17. The molecule has 0 radical (unpaired) electrons. The lowest BCUT2D eigenvalue weighted by molar-refractivity contribution is -0.117. The van der Waals surface area contributed by atoms with Crippen molar-refractivity contribution in [2.75, 3.05) is 18.9 Å². The van der Waals surface area contributed by atoms with Crippen LogP contribution in [0.4, 0.5) is 5.69 Å². The van der Waals surface area contributed by atoms with E-state index in [0.29, 0.717) is 13.1 Å². The zero-order chi connectivity index (χ0) is 15.9. The average molecular weight is 300 g/mol. The predicted octanol–water partition coefficient (Wildman–Crippen LogP) is 3.47. The molecule has 1 heterocycles. The molecule has 0 spiro atoms. The summed E-state index contributed by atoms with van der Waals surface area (Å²) in [7, 11) is 1.91. The van der Waals surface area contributed by atoms with Crippen molar-refractivity contribution in [3.05, 3.63) is 53.5 Å². The van der Waals surface area contributed by atoms with Gasteiger partial charge in [0.25, 0.3) is 0 Å². The van der Waals surface area contributed by atoms with Crippen molar-refractivity contribution < 1.29 is 9.21 Å². The smallest absolute Gasteiger partial charge is 0.238 e. The maximum absolute atomic E-state index is 12.3. The quantitative estimate of drug-likeness (QED) is 0.851. The third-order valence-corrected chi connectivity index (χ3v) is 3.68. The van der Waals surface area contributed by atoms with Gasteiger partial charge in [0.15, 0.2) is 0 Å². The van der Waals surface area contributed by atoms with E-state index in [9.17, 15) is 4.79 Å². The Morgan fingerprint density at radius 2 is 1.82 bits per heavy atom. The fraction of sp³-hybridized carbons (Fsp3) is 0.389. The van der Waals surface area contributed by atoms with Crippen LogP contribution in [-0.4, -0.2) is 24.4 Å². The first-order valence-electron chi connectivity index (χ1n) is 7.75. The average Bonchev–Trinajstić information content (AvgIpc) is 2.99. The largest absolute Gasteiger partial charge is 0.468 e. The van der Waals surface area contributed by atoms with Crippen LogP contribution in [0.1, 0.15) is 30.7 Å². The lowest BCUT2D eigenvalue weighted by Gasteiger charge is -2.18. The van der Waals surface area contributed by atoms with Gasteiger partial charge < -0.3 is 9.73 Å². The zero-order valence-electron chi connectivity index (χ0n) is 13.6. The Morgan fingerprint density at radius 3 is 2.36 bits per heavy atom.